The SMILES string of the molecule is COc1ccc(OC)c(C2CC2C(=O)NCc2ccn[nH]2)c1. The van der Waals surface area contributed by atoms with Crippen molar-refractivity contribution in [1.29, 1.82) is 0 Å². The van der Waals surface area contributed by atoms with Gasteiger partial charge in [-0.05, 0) is 30.7 Å². The van der Waals surface area contributed by atoms with E-state index in [0.29, 0.717) is 6.54 Å². The maximum atomic E-state index is 12.2. The summed E-state index contributed by atoms with van der Waals surface area (Å²) in [6.07, 6.45) is 2.50. The van der Waals surface area contributed by atoms with Gasteiger partial charge >= 0.3 is 0 Å². The van der Waals surface area contributed by atoms with Crippen LogP contribution in [0.25, 0.3) is 0 Å². The smallest absolute Gasteiger partial charge is 0.224 e. The Kier molecular flexibility index (Phi) is 4.00. The van der Waals surface area contributed by atoms with E-state index in [9.17, 15) is 4.79 Å². The van der Waals surface area contributed by atoms with E-state index >= 15 is 0 Å². The molecule has 1 fully saturated rings. The minimum absolute atomic E-state index is 0.0103. The van der Waals surface area contributed by atoms with Gasteiger partial charge in [0.2, 0.25) is 5.91 Å². The molecule has 1 aliphatic carbocycles. The number of aromatic amines is 1. The van der Waals surface area contributed by atoms with Crippen LogP contribution in [-0.4, -0.2) is 30.3 Å². The van der Waals surface area contributed by atoms with Gasteiger partial charge in [0.15, 0.2) is 0 Å². The summed E-state index contributed by atoms with van der Waals surface area (Å²) in [7, 11) is 3.27. The monoisotopic (exact) mass is 301 g/mol. The molecule has 1 aliphatic rings. The summed E-state index contributed by atoms with van der Waals surface area (Å²) < 4.78 is 10.6. The molecule has 0 aliphatic heterocycles. The Morgan fingerprint density at radius 1 is 1.36 bits per heavy atom. The molecule has 0 bridgehead atoms. The highest BCUT2D eigenvalue weighted by molar-refractivity contribution is 5.83. The molecular weight excluding hydrogens is 282 g/mol. The molecule has 0 saturated heterocycles. The van der Waals surface area contributed by atoms with Gasteiger partial charge in [0.1, 0.15) is 11.5 Å². The molecule has 2 unspecified atom stereocenters. The van der Waals surface area contributed by atoms with Gasteiger partial charge in [-0.2, -0.15) is 5.10 Å². The van der Waals surface area contributed by atoms with Crippen LogP contribution in [-0.2, 0) is 11.3 Å². The fourth-order valence-electron chi connectivity index (χ4n) is 2.65. The standard InChI is InChI=1S/C16H19N3O3/c1-21-11-3-4-15(22-2)13(7-11)12-8-14(12)16(20)17-9-10-5-6-18-19-10/h3-7,12,14H,8-9H2,1-2H3,(H,17,20)(H,18,19). The van der Waals surface area contributed by atoms with E-state index in [2.05, 4.69) is 15.5 Å². The number of rotatable bonds is 6. The third-order valence-corrected chi connectivity index (χ3v) is 3.98. The molecule has 2 atom stereocenters. The van der Waals surface area contributed by atoms with Crippen LogP contribution in [0.4, 0.5) is 0 Å². The third-order valence-electron chi connectivity index (χ3n) is 3.98. The Balaban J connectivity index is 1.64. The quantitative estimate of drug-likeness (QED) is 0.853. The van der Waals surface area contributed by atoms with Crippen LogP contribution in [0.15, 0.2) is 30.5 Å². The third kappa shape index (κ3) is 2.90. The van der Waals surface area contributed by atoms with Crippen molar-refractivity contribution in [2.75, 3.05) is 14.2 Å². The summed E-state index contributed by atoms with van der Waals surface area (Å²) in [5, 5.41) is 9.62. The van der Waals surface area contributed by atoms with Crippen LogP contribution >= 0.6 is 0 Å². The van der Waals surface area contributed by atoms with E-state index in [1.807, 2.05) is 24.3 Å². The van der Waals surface area contributed by atoms with Crippen molar-refractivity contribution in [2.24, 2.45) is 5.92 Å². The first-order valence-electron chi connectivity index (χ1n) is 7.21. The summed E-state index contributed by atoms with van der Waals surface area (Å²) in [4.78, 5) is 12.2. The summed E-state index contributed by atoms with van der Waals surface area (Å²) in [6.45, 7) is 0.470. The van der Waals surface area contributed by atoms with Gasteiger partial charge in [0.25, 0.3) is 0 Å². The average Bonchev–Trinajstić information content (AvgIpc) is 3.18. The molecule has 0 radical (unpaired) electrons. The number of ether oxygens (including phenoxy) is 2. The molecule has 22 heavy (non-hydrogen) atoms. The zero-order valence-electron chi connectivity index (χ0n) is 12.6. The molecule has 6 heteroatoms. The second kappa shape index (κ2) is 6.09. The number of carbonyl (C=O) groups excluding carboxylic acids is 1. The molecule has 0 spiro atoms. The van der Waals surface area contributed by atoms with Crippen LogP contribution in [0.2, 0.25) is 0 Å². The van der Waals surface area contributed by atoms with E-state index in [0.717, 1.165) is 29.2 Å². The van der Waals surface area contributed by atoms with Crippen molar-refractivity contribution in [3.63, 3.8) is 0 Å². The molecule has 1 heterocycles. The van der Waals surface area contributed by atoms with Gasteiger partial charge in [0, 0.05) is 23.6 Å². The summed E-state index contributed by atoms with van der Waals surface area (Å²) in [5.74, 6) is 1.81. The predicted molar refractivity (Wildman–Crippen MR) is 80.8 cm³/mol. The molecule has 1 saturated carbocycles. The van der Waals surface area contributed by atoms with E-state index in [4.69, 9.17) is 9.47 Å². The largest absolute Gasteiger partial charge is 0.497 e. The number of H-pyrrole nitrogens is 1. The average molecular weight is 301 g/mol. The lowest BCUT2D eigenvalue weighted by Gasteiger charge is -2.10. The van der Waals surface area contributed by atoms with Crippen molar-refractivity contribution in [3.05, 3.63) is 41.7 Å². The van der Waals surface area contributed by atoms with Crippen LogP contribution < -0.4 is 14.8 Å². The minimum atomic E-state index is -0.0103. The highest BCUT2D eigenvalue weighted by Crippen LogP contribution is 2.51. The highest BCUT2D eigenvalue weighted by Gasteiger charge is 2.45. The van der Waals surface area contributed by atoms with Gasteiger partial charge in [-0.3, -0.25) is 9.89 Å². The van der Waals surface area contributed by atoms with E-state index in [1.165, 1.54) is 0 Å². The first-order chi connectivity index (χ1) is 10.7. The number of carbonyl (C=O) groups is 1. The molecule has 6 nitrogen and oxygen atoms in total. The first kappa shape index (κ1) is 14.4. The van der Waals surface area contributed by atoms with Crippen molar-refractivity contribution in [2.45, 2.75) is 18.9 Å². The molecule has 2 N–H and O–H groups in total. The maximum Gasteiger partial charge on any atom is 0.224 e. The van der Waals surface area contributed by atoms with Crippen molar-refractivity contribution < 1.29 is 14.3 Å². The topological polar surface area (TPSA) is 76.2 Å². The second-order valence-electron chi connectivity index (χ2n) is 5.36. The van der Waals surface area contributed by atoms with Crippen molar-refractivity contribution in [1.82, 2.24) is 15.5 Å². The number of benzene rings is 1. The van der Waals surface area contributed by atoms with E-state index < -0.39 is 0 Å². The van der Waals surface area contributed by atoms with Crippen LogP contribution in [0.5, 0.6) is 11.5 Å². The van der Waals surface area contributed by atoms with Crippen LogP contribution in [0.3, 0.4) is 0 Å². The number of aromatic nitrogens is 2. The van der Waals surface area contributed by atoms with Crippen molar-refractivity contribution in [3.8, 4) is 11.5 Å². The number of amides is 1. The molecule has 3 rings (SSSR count). The Hall–Kier alpha value is -2.50. The normalized spacial score (nSPS) is 19.5. The second-order valence-corrected chi connectivity index (χ2v) is 5.36. The highest BCUT2D eigenvalue weighted by atomic mass is 16.5. The molecule has 1 aromatic carbocycles. The molecule has 1 aromatic heterocycles. The molecule has 116 valence electrons. The fraction of sp³-hybridized carbons (Fsp3) is 0.375. The number of nitrogens with one attached hydrogen (secondary N) is 2. The van der Waals surface area contributed by atoms with Gasteiger partial charge < -0.3 is 14.8 Å². The van der Waals surface area contributed by atoms with Crippen LogP contribution in [0, 0.1) is 5.92 Å². The van der Waals surface area contributed by atoms with Gasteiger partial charge in [-0.25, -0.2) is 0 Å². The van der Waals surface area contributed by atoms with Gasteiger partial charge in [-0.15, -0.1) is 0 Å². The molecular formula is C16H19N3O3. The Labute approximate surface area is 128 Å². The first-order valence-corrected chi connectivity index (χ1v) is 7.21. The zero-order valence-corrected chi connectivity index (χ0v) is 12.6. The summed E-state index contributed by atoms with van der Waals surface area (Å²) in [6, 6.07) is 7.53. The maximum absolute atomic E-state index is 12.2. The number of hydrogen-bond donors (Lipinski definition) is 2. The lowest BCUT2D eigenvalue weighted by molar-refractivity contribution is -0.122. The number of nitrogens with zero attached hydrogens (tertiary/aromatic N) is 1. The zero-order chi connectivity index (χ0) is 15.5. The van der Waals surface area contributed by atoms with Crippen molar-refractivity contribution >= 4 is 5.91 Å². The van der Waals surface area contributed by atoms with Crippen LogP contribution in [0.1, 0.15) is 23.6 Å². The lowest BCUT2D eigenvalue weighted by atomic mass is 10.1. The fourth-order valence-corrected chi connectivity index (χ4v) is 2.65. The number of hydrogen-bond acceptors (Lipinski definition) is 4. The minimum Gasteiger partial charge on any atom is -0.497 e. The Morgan fingerprint density at radius 3 is 2.91 bits per heavy atom. The lowest BCUT2D eigenvalue weighted by Crippen LogP contribution is -2.25. The Bertz CT molecular complexity index is 655. The Morgan fingerprint density at radius 2 is 2.23 bits per heavy atom. The van der Waals surface area contributed by atoms with Gasteiger partial charge in [0.05, 0.1) is 26.5 Å². The number of methoxy groups -OCH3 is 2. The van der Waals surface area contributed by atoms with E-state index in [-0.39, 0.29) is 17.7 Å². The summed E-state index contributed by atoms with van der Waals surface area (Å²) >= 11 is 0. The molecule has 2 aromatic rings. The predicted octanol–water partition coefficient (Wildman–Crippen LogP) is 1.85. The van der Waals surface area contributed by atoms with E-state index in [1.54, 1.807) is 20.4 Å². The summed E-state index contributed by atoms with van der Waals surface area (Å²) in [5.41, 5.74) is 1.92. The molecule has 1 amide bonds. The van der Waals surface area contributed by atoms with Gasteiger partial charge in [-0.1, -0.05) is 0 Å².